The predicted octanol–water partition coefficient (Wildman–Crippen LogP) is 3.64. The van der Waals surface area contributed by atoms with Crippen molar-refractivity contribution >= 4 is 5.69 Å². The summed E-state index contributed by atoms with van der Waals surface area (Å²) in [6.45, 7) is 4.23. The quantitative estimate of drug-likeness (QED) is 0.810. The number of rotatable bonds is 6. The number of para-hydroxylation sites is 1. The molecule has 0 aliphatic rings. The highest BCUT2D eigenvalue weighted by molar-refractivity contribution is 5.46. The van der Waals surface area contributed by atoms with Gasteiger partial charge in [-0.05, 0) is 50.6 Å². The van der Waals surface area contributed by atoms with Crippen LogP contribution in [0.1, 0.15) is 23.1 Å². The summed E-state index contributed by atoms with van der Waals surface area (Å²) in [7, 11) is 2.18. The zero-order valence-electron chi connectivity index (χ0n) is 12.5. The molecule has 0 spiro atoms. The third-order valence-electron chi connectivity index (χ3n) is 3.58. The Morgan fingerprint density at radius 3 is 2.60 bits per heavy atom. The van der Waals surface area contributed by atoms with Crippen LogP contribution in [0.3, 0.4) is 0 Å². The van der Waals surface area contributed by atoms with Gasteiger partial charge in [-0.15, -0.1) is 0 Å². The molecule has 0 atom stereocenters. The first kappa shape index (κ1) is 14.6. The summed E-state index contributed by atoms with van der Waals surface area (Å²) in [5.74, 6) is 0. The van der Waals surface area contributed by atoms with Gasteiger partial charge in [-0.1, -0.05) is 48.0 Å². The SMILES string of the molecule is Cc1cccc(CN(C)CCCc2ccccc2N)c1. The average Bonchev–Trinajstić information content (AvgIpc) is 2.41. The number of hydrogen-bond acceptors (Lipinski definition) is 2. The third kappa shape index (κ3) is 4.39. The minimum atomic E-state index is 0.911. The van der Waals surface area contributed by atoms with Crippen molar-refractivity contribution in [2.75, 3.05) is 19.3 Å². The summed E-state index contributed by atoms with van der Waals surface area (Å²) < 4.78 is 0. The molecule has 0 radical (unpaired) electrons. The van der Waals surface area contributed by atoms with Gasteiger partial charge in [0.2, 0.25) is 0 Å². The van der Waals surface area contributed by atoms with Gasteiger partial charge in [0.1, 0.15) is 0 Å². The molecule has 0 unspecified atom stereocenters. The van der Waals surface area contributed by atoms with E-state index in [1.807, 2.05) is 12.1 Å². The second kappa shape index (κ2) is 7.11. The molecule has 0 heterocycles. The van der Waals surface area contributed by atoms with Gasteiger partial charge < -0.3 is 10.6 Å². The van der Waals surface area contributed by atoms with Crippen molar-refractivity contribution in [1.82, 2.24) is 4.90 Å². The van der Waals surface area contributed by atoms with Crippen molar-refractivity contribution in [3.8, 4) is 0 Å². The molecule has 0 fully saturated rings. The molecule has 0 aliphatic carbocycles. The summed E-state index contributed by atoms with van der Waals surface area (Å²) in [4.78, 5) is 2.37. The van der Waals surface area contributed by atoms with Gasteiger partial charge in [-0.2, -0.15) is 0 Å². The van der Waals surface area contributed by atoms with Crippen LogP contribution in [0.5, 0.6) is 0 Å². The smallest absolute Gasteiger partial charge is 0.0346 e. The molecule has 2 heteroatoms. The van der Waals surface area contributed by atoms with E-state index in [9.17, 15) is 0 Å². The van der Waals surface area contributed by atoms with Crippen molar-refractivity contribution < 1.29 is 0 Å². The van der Waals surface area contributed by atoms with Crippen LogP contribution in [-0.4, -0.2) is 18.5 Å². The normalized spacial score (nSPS) is 10.9. The number of nitrogens with two attached hydrogens (primary N) is 1. The Labute approximate surface area is 122 Å². The summed E-state index contributed by atoms with van der Waals surface area (Å²) in [5, 5.41) is 0. The van der Waals surface area contributed by atoms with Crippen molar-refractivity contribution in [2.45, 2.75) is 26.3 Å². The molecule has 20 heavy (non-hydrogen) atoms. The van der Waals surface area contributed by atoms with E-state index < -0.39 is 0 Å². The molecule has 0 amide bonds. The van der Waals surface area contributed by atoms with E-state index in [1.54, 1.807) is 0 Å². The average molecular weight is 268 g/mol. The van der Waals surface area contributed by atoms with Gasteiger partial charge in [0.15, 0.2) is 0 Å². The van der Waals surface area contributed by atoms with Gasteiger partial charge in [0.05, 0.1) is 0 Å². The zero-order chi connectivity index (χ0) is 14.4. The Bertz CT molecular complexity index is 549. The van der Waals surface area contributed by atoms with Crippen LogP contribution >= 0.6 is 0 Å². The van der Waals surface area contributed by atoms with E-state index in [0.717, 1.165) is 31.6 Å². The Hall–Kier alpha value is -1.80. The number of nitrogen functional groups attached to an aromatic ring is 1. The van der Waals surface area contributed by atoms with E-state index in [2.05, 4.69) is 55.3 Å². The Morgan fingerprint density at radius 1 is 1.05 bits per heavy atom. The highest BCUT2D eigenvalue weighted by Crippen LogP contribution is 2.13. The fourth-order valence-electron chi connectivity index (χ4n) is 2.50. The first-order valence-corrected chi connectivity index (χ1v) is 7.22. The van der Waals surface area contributed by atoms with Crippen LogP contribution in [-0.2, 0) is 13.0 Å². The second-order valence-electron chi connectivity index (χ2n) is 5.53. The van der Waals surface area contributed by atoms with E-state index in [4.69, 9.17) is 5.73 Å². The van der Waals surface area contributed by atoms with E-state index in [0.29, 0.717) is 0 Å². The number of nitrogens with zero attached hydrogens (tertiary/aromatic N) is 1. The fraction of sp³-hybridized carbons (Fsp3) is 0.333. The van der Waals surface area contributed by atoms with E-state index >= 15 is 0 Å². The topological polar surface area (TPSA) is 29.3 Å². The lowest BCUT2D eigenvalue weighted by Gasteiger charge is -2.17. The Morgan fingerprint density at radius 2 is 1.85 bits per heavy atom. The molecule has 0 aromatic heterocycles. The minimum Gasteiger partial charge on any atom is -0.399 e. The summed E-state index contributed by atoms with van der Waals surface area (Å²) in [5.41, 5.74) is 10.8. The van der Waals surface area contributed by atoms with Crippen LogP contribution in [0.15, 0.2) is 48.5 Å². The lowest BCUT2D eigenvalue weighted by Crippen LogP contribution is -2.19. The van der Waals surface area contributed by atoms with E-state index in [1.165, 1.54) is 16.7 Å². The second-order valence-corrected chi connectivity index (χ2v) is 5.53. The molecule has 2 aromatic rings. The maximum atomic E-state index is 5.96. The molecule has 2 rings (SSSR count). The molecule has 0 aliphatic heterocycles. The molecule has 0 bridgehead atoms. The van der Waals surface area contributed by atoms with Crippen LogP contribution in [0.2, 0.25) is 0 Å². The third-order valence-corrected chi connectivity index (χ3v) is 3.58. The molecule has 2 aromatic carbocycles. The molecular formula is C18H24N2. The molecule has 106 valence electrons. The largest absolute Gasteiger partial charge is 0.399 e. The Kier molecular flexibility index (Phi) is 5.19. The highest BCUT2D eigenvalue weighted by Gasteiger charge is 2.02. The number of anilines is 1. The summed E-state index contributed by atoms with van der Waals surface area (Å²) in [6, 6.07) is 16.9. The standard InChI is InChI=1S/C18H24N2/c1-15-7-5-8-16(13-15)14-20(2)12-6-10-17-9-3-4-11-18(17)19/h3-5,7-9,11,13H,6,10,12,14,19H2,1-2H3. The van der Waals surface area contributed by atoms with Crippen LogP contribution < -0.4 is 5.73 Å². The van der Waals surface area contributed by atoms with Crippen molar-refractivity contribution in [1.29, 1.82) is 0 Å². The predicted molar refractivity (Wildman–Crippen MR) is 86.7 cm³/mol. The lowest BCUT2D eigenvalue weighted by molar-refractivity contribution is 0.322. The van der Waals surface area contributed by atoms with E-state index in [-0.39, 0.29) is 0 Å². The highest BCUT2D eigenvalue weighted by atomic mass is 15.1. The summed E-state index contributed by atoms with van der Waals surface area (Å²) >= 11 is 0. The maximum absolute atomic E-state index is 5.96. The van der Waals surface area contributed by atoms with Crippen LogP contribution in [0.4, 0.5) is 5.69 Å². The first-order chi connectivity index (χ1) is 9.65. The lowest BCUT2D eigenvalue weighted by atomic mass is 10.1. The molecule has 2 N–H and O–H groups in total. The fourth-order valence-corrected chi connectivity index (χ4v) is 2.50. The maximum Gasteiger partial charge on any atom is 0.0346 e. The minimum absolute atomic E-state index is 0.911. The molecule has 2 nitrogen and oxygen atoms in total. The van der Waals surface area contributed by atoms with Crippen molar-refractivity contribution in [3.63, 3.8) is 0 Å². The van der Waals surface area contributed by atoms with Gasteiger partial charge in [-0.25, -0.2) is 0 Å². The van der Waals surface area contributed by atoms with Gasteiger partial charge >= 0.3 is 0 Å². The summed E-state index contributed by atoms with van der Waals surface area (Å²) in [6.07, 6.45) is 2.18. The molecular weight excluding hydrogens is 244 g/mol. The number of aryl methyl sites for hydroxylation is 2. The van der Waals surface area contributed by atoms with Gasteiger partial charge in [0, 0.05) is 12.2 Å². The number of hydrogen-bond donors (Lipinski definition) is 1. The van der Waals surface area contributed by atoms with Gasteiger partial charge in [0.25, 0.3) is 0 Å². The number of benzene rings is 2. The Balaban J connectivity index is 1.78. The first-order valence-electron chi connectivity index (χ1n) is 7.22. The zero-order valence-corrected chi connectivity index (χ0v) is 12.5. The molecule has 0 saturated carbocycles. The van der Waals surface area contributed by atoms with Crippen molar-refractivity contribution in [3.05, 3.63) is 65.2 Å². The van der Waals surface area contributed by atoms with Crippen molar-refractivity contribution in [2.24, 2.45) is 0 Å². The van der Waals surface area contributed by atoms with Crippen LogP contribution in [0.25, 0.3) is 0 Å². The van der Waals surface area contributed by atoms with Crippen LogP contribution in [0, 0.1) is 6.92 Å². The molecule has 0 saturated heterocycles. The monoisotopic (exact) mass is 268 g/mol. The van der Waals surface area contributed by atoms with Gasteiger partial charge in [-0.3, -0.25) is 0 Å².